The van der Waals surface area contributed by atoms with Crippen LogP contribution in [0.1, 0.15) is 38.7 Å². The smallest absolute Gasteiger partial charge is 0.329 e. The third-order valence-electron chi connectivity index (χ3n) is 3.26. The van der Waals surface area contributed by atoms with Crippen LogP contribution in [0.3, 0.4) is 0 Å². The number of nitrogens with one attached hydrogen (secondary N) is 1. The number of amides is 1. The highest BCUT2D eigenvalue weighted by Gasteiger charge is 2.33. The van der Waals surface area contributed by atoms with Gasteiger partial charge in [0.1, 0.15) is 5.54 Å². The van der Waals surface area contributed by atoms with Gasteiger partial charge in [0.15, 0.2) is 0 Å². The standard InChI is InChI=1S/C16H23NO3S/c1-4-10-16(3,15(19)20)17-14(18)9-11-21-13-7-5-12(2)6-8-13/h5-8H,4,9-11H2,1-3H3,(H,17,18)(H,19,20). The normalized spacial score (nSPS) is 13.5. The van der Waals surface area contributed by atoms with Gasteiger partial charge in [0.25, 0.3) is 0 Å². The third kappa shape index (κ3) is 5.79. The molecular weight excluding hydrogens is 286 g/mol. The predicted molar refractivity (Wildman–Crippen MR) is 85.6 cm³/mol. The van der Waals surface area contributed by atoms with Gasteiger partial charge in [-0.15, -0.1) is 11.8 Å². The lowest BCUT2D eigenvalue weighted by Crippen LogP contribution is -2.52. The van der Waals surface area contributed by atoms with Gasteiger partial charge in [0.05, 0.1) is 0 Å². The molecule has 116 valence electrons. The Hall–Kier alpha value is -1.49. The van der Waals surface area contributed by atoms with Gasteiger partial charge in [-0.25, -0.2) is 4.79 Å². The maximum Gasteiger partial charge on any atom is 0.329 e. The van der Waals surface area contributed by atoms with Crippen molar-refractivity contribution in [1.29, 1.82) is 0 Å². The van der Waals surface area contributed by atoms with Crippen molar-refractivity contribution in [3.8, 4) is 0 Å². The van der Waals surface area contributed by atoms with E-state index in [0.29, 0.717) is 25.0 Å². The second kappa shape index (κ2) is 8.08. The van der Waals surface area contributed by atoms with Gasteiger partial charge in [-0.1, -0.05) is 31.0 Å². The molecule has 0 aliphatic carbocycles. The van der Waals surface area contributed by atoms with Crippen LogP contribution in [0.15, 0.2) is 29.2 Å². The molecule has 0 bridgehead atoms. The molecular formula is C16H23NO3S. The quantitative estimate of drug-likeness (QED) is 0.724. The Balaban J connectivity index is 2.43. The number of carbonyl (C=O) groups is 2. The van der Waals surface area contributed by atoms with E-state index in [1.165, 1.54) is 5.56 Å². The van der Waals surface area contributed by atoms with Crippen molar-refractivity contribution in [2.75, 3.05) is 5.75 Å². The maximum atomic E-state index is 11.9. The number of carboxylic acid groups (broad SMARTS) is 1. The van der Waals surface area contributed by atoms with Crippen LogP contribution in [-0.4, -0.2) is 28.3 Å². The third-order valence-corrected chi connectivity index (χ3v) is 4.27. The number of benzene rings is 1. The van der Waals surface area contributed by atoms with E-state index in [2.05, 4.69) is 5.32 Å². The van der Waals surface area contributed by atoms with Crippen LogP contribution >= 0.6 is 11.8 Å². The summed E-state index contributed by atoms with van der Waals surface area (Å²) >= 11 is 1.60. The van der Waals surface area contributed by atoms with Crippen LogP contribution in [0.2, 0.25) is 0 Å². The van der Waals surface area contributed by atoms with Gasteiger partial charge in [0.2, 0.25) is 5.91 Å². The predicted octanol–water partition coefficient (Wildman–Crippen LogP) is 3.24. The second-order valence-corrected chi connectivity index (χ2v) is 6.52. The van der Waals surface area contributed by atoms with E-state index in [0.717, 1.165) is 4.90 Å². The second-order valence-electron chi connectivity index (χ2n) is 5.35. The Morgan fingerprint density at radius 2 is 1.90 bits per heavy atom. The fourth-order valence-corrected chi connectivity index (χ4v) is 2.84. The first-order valence-electron chi connectivity index (χ1n) is 7.11. The number of carboxylic acids is 1. The van der Waals surface area contributed by atoms with E-state index < -0.39 is 11.5 Å². The van der Waals surface area contributed by atoms with Crippen LogP contribution in [0.4, 0.5) is 0 Å². The van der Waals surface area contributed by atoms with Crippen LogP contribution in [0.25, 0.3) is 0 Å². The Kier molecular flexibility index (Phi) is 6.75. The molecule has 1 rings (SSSR count). The molecule has 5 heteroatoms. The molecule has 1 aromatic carbocycles. The lowest BCUT2D eigenvalue weighted by Gasteiger charge is -2.25. The number of hydrogen-bond acceptors (Lipinski definition) is 3. The summed E-state index contributed by atoms with van der Waals surface area (Å²) in [5.74, 6) is -0.562. The average molecular weight is 309 g/mol. The Morgan fingerprint density at radius 3 is 2.43 bits per heavy atom. The molecule has 0 radical (unpaired) electrons. The lowest BCUT2D eigenvalue weighted by molar-refractivity contribution is -0.147. The van der Waals surface area contributed by atoms with Gasteiger partial charge in [-0.05, 0) is 32.4 Å². The van der Waals surface area contributed by atoms with E-state index >= 15 is 0 Å². The molecule has 0 saturated carbocycles. The first kappa shape index (κ1) is 17.6. The van der Waals surface area contributed by atoms with E-state index in [9.17, 15) is 14.7 Å². The Morgan fingerprint density at radius 1 is 1.29 bits per heavy atom. The summed E-state index contributed by atoms with van der Waals surface area (Å²) in [7, 11) is 0. The van der Waals surface area contributed by atoms with Gasteiger partial charge in [-0.3, -0.25) is 4.79 Å². The highest BCUT2D eigenvalue weighted by Crippen LogP contribution is 2.19. The molecule has 1 aromatic rings. The van der Waals surface area contributed by atoms with Crippen molar-refractivity contribution < 1.29 is 14.7 Å². The van der Waals surface area contributed by atoms with Crippen LogP contribution < -0.4 is 5.32 Å². The molecule has 0 aliphatic rings. The summed E-state index contributed by atoms with van der Waals surface area (Å²) in [5, 5.41) is 11.9. The summed E-state index contributed by atoms with van der Waals surface area (Å²) in [6, 6.07) is 8.11. The molecule has 4 nitrogen and oxygen atoms in total. The number of carbonyl (C=O) groups excluding carboxylic acids is 1. The van der Waals surface area contributed by atoms with Crippen molar-refractivity contribution in [3.63, 3.8) is 0 Å². The number of hydrogen-bond donors (Lipinski definition) is 2. The fourth-order valence-electron chi connectivity index (χ4n) is 1.99. The maximum absolute atomic E-state index is 11.9. The Bertz CT molecular complexity index is 487. The largest absolute Gasteiger partial charge is 0.480 e. The summed E-state index contributed by atoms with van der Waals surface area (Å²) in [6.07, 6.45) is 1.45. The molecule has 0 aliphatic heterocycles. The minimum atomic E-state index is -1.17. The molecule has 2 N–H and O–H groups in total. The number of rotatable bonds is 8. The molecule has 1 atom stereocenters. The molecule has 0 spiro atoms. The minimum Gasteiger partial charge on any atom is -0.480 e. The van der Waals surface area contributed by atoms with Gasteiger partial charge in [0, 0.05) is 17.1 Å². The first-order valence-corrected chi connectivity index (χ1v) is 8.10. The molecule has 0 fully saturated rings. The van der Waals surface area contributed by atoms with Gasteiger partial charge >= 0.3 is 5.97 Å². The summed E-state index contributed by atoms with van der Waals surface area (Å²) in [5.41, 5.74) is 0.0364. The van der Waals surface area contributed by atoms with Crippen LogP contribution in [0, 0.1) is 6.92 Å². The van der Waals surface area contributed by atoms with Crippen molar-refractivity contribution in [3.05, 3.63) is 29.8 Å². The van der Waals surface area contributed by atoms with Crippen molar-refractivity contribution in [1.82, 2.24) is 5.32 Å². The molecule has 0 heterocycles. The monoisotopic (exact) mass is 309 g/mol. The van der Waals surface area contributed by atoms with Crippen LogP contribution in [0.5, 0.6) is 0 Å². The van der Waals surface area contributed by atoms with Crippen molar-refractivity contribution in [2.45, 2.75) is 50.5 Å². The zero-order valence-electron chi connectivity index (χ0n) is 12.8. The van der Waals surface area contributed by atoms with Crippen LogP contribution in [-0.2, 0) is 9.59 Å². The summed E-state index contributed by atoms with van der Waals surface area (Å²) in [6.45, 7) is 5.49. The van der Waals surface area contributed by atoms with E-state index in [4.69, 9.17) is 0 Å². The summed E-state index contributed by atoms with van der Waals surface area (Å²) in [4.78, 5) is 24.3. The SMILES string of the molecule is CCCC(C)(NC(=O)CCSc1ccc(C)cc1)C(=O)O. The lowest BCUT2D eigenvalue weighted by atomic mass is 9.96. The van der Waals surface area contributed by atoms with E-state index in [1.54, 1.807) is 18.7 Å². The molecule has 1 amide bonds. The van der Waals surface area contributed by atoms with E-state index in [1.807, 2.05) is 38.1 Å². The van der Waals surface area contributed by atoms with Crippen molar-refractivity contribution in [2.24, 2.45) is 0 Å². The molecule has 21 heavy (non-hydrogen) atoms. The first-order chi connectivity index (χ1) is 9.87. The fraction of sp³-hybridized carbons (Fsp3) is 0.500. The van der Waals surface area contributed by atoms with Crippen molar-refractivity contribution >= 4 is 23.6 Å². The van der Waals surface area contributed by atoms with E-state index in [-0.39, 0.29) is 5.91 Å². The highest BCUT2D eigenvalue weighted by molar-refractivity contribution is 7.99. The molecule has 1 unspecified atom stereocenters. The zero-order chi connectivity index (χ0) is 15.9. The minimum absolute atomic E-state index is 0.215. The molecule has 0 aromatic heterocycles. The number of thioether (sulfide) groups is 1. The number of aryl methyl sites for hydroxylation is 1. The summed E-state index contributed by atoms with van der Waals surface area (Å²) < 4.78 is 0. The zero-order valence-corrected chi connectivity index (χ0v) is 13.6. The number of aliphatic carboxylic acids is 1. The van der Waals surface area contributed by atoms with Gasteiger partial charge in [-0.2, -0.15) is 0 Å². The molecule has 0 saturated heterocycles. The van der Waals surface area contributed by atoms with Gasteiger partial charge < -0.3 is 10.4 Å². The topological polar surface area (TPSA) is 66.4 Å². The Labute approximate surface area is 130 Å². The average Bonchev–Trinajstić information content (AvgIpc) is 2.41. The highest BCUT2D eigenvalue weighted by atomic mass is 32.2.